The lowest BCUT2D eigenvalue weighted by atomic mass is 9.45. The number of aromatic nitrogens is 2. The lowest BCUT2D eigenvalue weighted by Crippen LogP contribution is -2.58. The number of fused-ring (bicyclic) bond motifs is 3. The highest BCUT2D eigenvalue weighted by Crippen LogP contribution is 2.61. The number of nitrogens with zero attached hydrogens (tertiary/aromatic N) is 4. The van der Waals surface area contributed by atoms with Crippen LogP contribution in [0.5, 0.6) is 5.75 Å². The van der Waals surface area contributed by atoms with Crippen LogP contribution in [-0.2, 0) is 13.0 Å². The Balaban J connectivity index is 1.18. The first kappa shape index (κ1) is 31.0. The Hall–Kier alpha value is -3.66. The second-order valence-electron chi connectivity index (χ2n) is 14.5. The van der Waals surface area contributed by atoms with Crippen LogP contribution in [-0.4, -0.2) is 72.0 Å². The highest BCUT2D eigenvalue weighted by Gasteiger charge is 2.56. The summed E-state index contributed by atoms with van der Waals surface area (Å²) in [5.41, 5.74) is 2.94. The molecule has 4 aliphatic carbocycles. The van der Waals surface area contributed by atoms with E-state index in [9.17, 15) is 9.18 Å². The third-order valence-electron chi connectivity index (χ3n) is 11.2. The van der Waals surface area contributed by atoms with Crippen LogP contribution in [0.25, 0.3) is 10.9 Å². The number of guanidine groups is 1. The fourth-order valence-electron chi connectivity index (χ4n) is 7.95. The number of hydrogen-bond acceptors (Lipinski definition) is 6. The van der Waals surface area contributed by atoms with Gasteiger partial charge in [0.1, 0.15) is 12.4 Å². The molecular weight excluding hydrogens is 581 g/mol. The molecule has 8 rings (SSSR count). The first-order valence-corrected chi connectivity index (χ1v) is 17.1. The number of benzene rings is 2. The minimum Gasteiger partial charge on any atom is -0.497 e. The predicted octanol–water partition coefficient (Wildman–Crippen LogP) is 5.30. The molecule has 2 aromatic carbocycles. The number of piperazine rings is 1. The van der Waals surface area contributed by atoms with Crippen molar-refractivity contribution >= 4 is 28.5 Å². The standard InChI is InChI=1S/C36H48FN7O2/c1-22-30-17-24(36(30,2)3)18-31(22)41-34(43-16-14-38-27(20-37)21-43)40-26-9-12-29-32(19-26)42-35(39-25-7-8-25)44(33(29)45)15-13-23-5-10-28(46-4)11-6-23/h5-6,9-12,19,22,24-25,27,30-31,38H,7-8,13-18,20-21H2,1-4H3,(H,39,42)(H,40,41)/t22-,24-,27-,30+,31?/m0/s1. The van der Waals surface area contributed by atoms with Gasteiger partial charge in [0, 0.05) is 37.9 Å². The minimum atomic E-state index is -0.413. The Labute approximate surface area is 271 Å². The quantitative estimate of drug-likeness (QED) is 0.218. The maximum atomic E-state index is 13.9. The largest absolute Gasteiger partial charge is 0.497 e. The predicted molar refractivity (Wildman–Crippen MR) is 183 cm³/mol. The summed E-state index contributed by atoms with van der Waals surface area (Å²) in [6.07, 6.45) is 5.25. The number of nitrogens with one attached hydrogen (secondary N) is 3. The molecule has 5 aliphatic rings. The summed E-state index contributed by atoms with van der Waals surface area (Å²) in [5, 5.41) is 11.0. The molecule has 9 nitrogen and oxygen atoms in total. The van der Waals surface area contributed by atoms with E-state index in [1.165, 1.54) is 6.42 Å². The summed E-state index contributed by atoms with van der Waals surface area (Å²) in [6.45, 7) is 9.30. The number of alkyl halides is 1. The SMILES string of the molecule is COc1ccc(CCn2c(NC3CC3)nc3cc(NC(=NC4C[C@@H]5C[C@H]([C@@H]4C)C5(C)C)N4CCN[C@@H](CF)C4)ccc3c2=O)cc1. The molecule has 5 fully saturated rings. The van der Waals surface area contributed by atoms with Gasteiger partial charge in [-0.15, -0.1) is 0 Å². The third kappa shape index (κ3) is 6.08. The van der Waals surface area contributed by atoms with Crippen LogP contribution in [0.1, 0.15) is 52.0 Å². The van der Waals surface area contributed by atoms with Crippen molar-refractivity contribution in [3.63, 3.8) is 0 Å². The van der Waals surface area contributed by atoms with Crippen molar-refractivity contribution in [1.29, 1.82) is 0 Å². The molecule has 0 spiro atoms. The van der Waals surface area contributed by atoms with Crippen LogP contribution in [0.15, 0.2) is 52.3 Å². The molecule has 4 saturated carbocycles. The lowest BCUT2D eigenvalue weighted by Gasteiger charge is -2.61. The van der Waals surface area contributed by atoms with Gasteiger partial charge in [-0.3, -0.25) is 9.36 Å². The number of anilines is 2. The smallest absolute Gasteiger partial charge is 0.262 e. The monoisotopic (exact) mass is 629 g/mol. The Kier molecular flexibility index (Phi) is 8.42. The van der Waals surface area contributed by atoms with Gasteiger partial charge in [0.2, 0.25) is 5.95 Å². The molecule has 46 heavy (non-hydrogen) atoms. The first-order valence-electron chi connectivity index (χ1n) is 17.1. The zero-order valence-electron chi connectivity index (χ0n) is 27.6. The van der Waals surface area contributed by atoms with E-state index in [1.807, 2.05) is 42.5 Å². The van der Waals surface area contributed by atoms with Gasteiger partial charge in [0.15, 0.2) is 5.96 Å². The van der Waals surface area contributed by atoms with Gasteiger partial charge >= 0.3 is 0 Å². The van der Waals surface area contributed by atoms with Crippen molar-refractivity contribution < 1.29 is 9.13 Å². The highest BCUT2D eigenvalue weighted by molar-refractivity contribution is 5.96. The van der Waals surface area contributed by atoms with E-state index in [1.54, 1.807) is 11.7 Å². The Morgan fingerprint density at radius 3 is 2.67 bits per heavy atom. The van der Waals surface area contributed by atoms with Crippen LogP contribution in [0, 0.1) is 23.2 Å². The molecule has 1 aliphatic heterocycles. The average molecular weight is 630 g/mol. The topological polar surface area (TPSA) is 95.8 Å². The van der Waals surface area contributed by atoms with Crippen molar-refractivity contribution in [1.82, 2.24) is 19.8 Å². The number of hydrogen-bond donors (Lipinski definition) is 3. The van der Waals surface area contributed by atoms with Gasteiger partial charge in [0.25, 0.3) is 5.56 Å². The zero-order chi connectivity index (χ0) is 32.0. The molecule has 3 aromatic rings. The summed E-state index contributed by atoms with van der Waals surface area (Å²) < 4.78 is 20.8. The Bertz CT molecular complexity index is 1650. The van der Waals surface area contributed by atoms with Gasteiger partial charge < -0.3 is 25.6 Å². The molecular formula is C36H48FN7O2. The maximum absolute atomic E-state index is 13.9. The summed E-state index contributed by atoms with van der Waals surface area (Å²) in [4.78, 5) is 26.4. The number of rotatable bonds is 9. The van der Waals surface area contributed by atoms with Crippen LogP contribution >= 0.6 is 0 Å². The van der Waals surface area contributed by atoms with Crippen LogP contribution in [0.2, 0.25) is 0 Å². The van der Waals surface area contributed by atoms with Crippen molar-refractivity contribution in [2.45, 2.75) is 77.5 Å². The van der Waals surface area contributed by atoms with Crippen LogP contribution in [0.3, 0.4) is 0 Å². The second-order valence-corrected chi connectivity index (χ2v) is 14.5. The van der Waals surface area contributed by atoms with Gasteiger partial charge in [-0.1, -0.05) is 32.9 Å². The first-order chi connectivity index (χ1) is 22.2. The molecule has 2 bridgehead atoms. The molecule has 10 heteroatoms. The fraction of sp³-hybridized carbons (Fsp3) is 0.583. The summed E-state index contributed by atoms with van der Waals surface area (Å²) in [5.74, 6) is 4.08. The Morgan fingerprint density at radius 1 is 1.17 bits per heavy atom. The lowest BCUT2D eigenvalue weighted by molar-refractivity contribution is -0.108. The summed E-state index contributed by atoms with van der Waals surface area (Å²) >= 11 is 0. The van der Waals surface area contributed by atoms with E-state index in [0.717, 1.165) is 48.8 Å². The number of ether oxygens (including phenoxy) is 1. The summed E-state index contributed by atoms with van der Waals surface area (Å²) in [6, 6.07) is 14.1. The van der Waals surface area contributed by atoms with Gasteiger partial charge in [-0.2, -0.15) is 0 Å². The van der Waals surface area contributed by atoms with Crippen LogP contribution in [0.4, 0.5) is 16.0 Å². The molecule has 1 saturated heterocycles. The minimum absolute atomic E-state index is 0.0483. The molecule has 5 atom stereocenters. The molecule has 0 radical (unpaired) electrons. The summed E-state index contributed by atoms with van der Waals surface area (Å²) in [7, 11) is 1.66. The average Bonchev–Trinajstić information content (AvgIpc) is 3.89. The van der Waals surface area contributed by atoms with Gasteiger partial charge in [-0.25, -0.2) is 14.4 Å². The number of methoxy groups -OCH3 is 1. The molecule has 3 N–H and O–H groups in total. The molecule has 1 aromatic heterocycles. The molecule has 2 heterocycles. The van der Waals surface area contributed by atoms with Crippen molar-refractivity contribution in [3.8, 4) is 5.75 Å². The van der Waals surface area contributed by atoms with Crippen molar-refractivity contribution in [2.24, 2.45) is 28.2 Å². The van der Waals surface area contributed by atoms with Gasteiger partial charge in [0.05, 0.1) is 30.1 Å². The van der Waals surface area contributed by atoms with E-state index in [-0.39, 0.29) is 17.6 Å². The fourth-order valence-corrected chi connectivity index (χ4v) is 7.95. The number of aryl methyl sites for hydroxylation is 1. The zero-order valence-corrected chi connectivity index (χ0v) is 27.6. The third-order valence-corrected chi connectivity index (χ3v) is 11.2. The number of aliphatic imine (C=N–C) groups is 1. The van der Waals surface area contributed by atoms with E-state index in [4.69, 9.17) is 14.7 Å². The van der Waals surface area contributed by atoms with E-state index in [0.29, 0.717) is 72.1 Å². The maximum Gasteiger partial charge on any atom is 0.262 e. The van der Waals surface area contributed by atoms with Gasteiger partial charge in [-0.05, 0) is 91.2 Å². The molecule has 0 amide bonds. The molecule has 1 unspecified atom stereocenters. The highest BCUT2D eigenvalue weighted by atomic mass is 19.1. The van der Waals surface area contributed by atoms with E-state index in [2.05, 4.69) is 41.6 Å². The van der Waals surface area contributed by atoms with Crippen molar-refractivity contribution in [3.05, 3.63) is 58.4 Å². The number of halogens is 1. The van der Waals surface area contributed by atoms with E-state index < -0.39 is 6.67 Å². The normalized spacial score (nSPS) is 27.3. The van der Waals surface area contributed by atoms with E-state index >= 15 is 0 Å². The molecule has 246 valence electrons. The van der Waals surface area contributed by atoms with Crippen LogP contribution < -0.4 is 26.2 Å². The Morgan fingerprint density at radius 2 is 1.98 bits per heavy atom. The second kappa shape index (κ2) is 12.5. The van der Waals surface area contributed by atoms with Crippen molar-refractivity contribution in [2.75, 3.05) is 44.1 Å².